The van der Waals surface area contributed by atoms with Gasteiger partial charge in [-0.05, 0) is 20.3 Å². The van der Waals surface area contributed by atoms with Gasteiger partial charge < -0.3 is 9.47 Å². The molecular weight excluding hydrogens is 182 g/mol. The summed E-state index contributed by atoms with van der Waals surface area (Å²) in [5.74, 6) is -0.192. The number of likely N-dealkylation sites (tertiary alicyclic amines) is 1. The van der Waals surface area contributed by atoms with Gasteiger partial charge in [-0.3, -0.25) is 9.69 Å². The first-order chi connectivity index (χ1) is 6.61. The van der Waals surface area contributed by atoms with Crippen LogP contribution in [0.1, 0.15) is 20.3 Å². The molecule has 0 aromatic rings. The van der Waals surface area contributed by atoms with Gasteiger partial charge in [0.2, 0.25) is 0 Å². The molecule has 0 bridgehead atoms. The molecule has 0 spiro atoms. The second kappa shape index (κ2) is 4.75. The van der Waals surface area contributed by atoms with E-state index >= 15 is 0 Å². The molecule has 2 atom stereocenters. The van der Waals surface area contributed by atoms with Gasteiger partial charge in [-0.15, -0.1) is 0 Å². The summed E-state index contributed by atoms with van der Waals surface area (Å²) in [6, 6.07) is 0.115. The quantitative estimate of drug-likeness (QED) is 0.629. The number of rotatable bonds is 3. The Morgan fingerprint density at radius 1 is 1.43 bits per heavy atom. The highest BCUT2D eigenvalue weighted by molar-refractivity contribution is 5.77. The van der Waals surface area contributed by atoms with Crippen LogP contribution in [0.25, 0.3) is 0 Å². The Kier molecular flexibility index (Phi) is 3.89. The van der Waals surface area contributed by atoms with E-state index in [9.17, 15) is 4.79 Å². The fourth-order valence-corrected chi connectivity index (χ4v) is 2.02. The summed E-state index contributed by atoms with van der Waals surface area (Å²) in [6.45, 7) is 5.05. The van der Waals surface area contributed by atoms with Crippen molar-refractivity contribution in [2.75, 3.05) is 20.8 Å². The first kappa shape index (κ1) is 11.5. The van der Waals surface area contributed by atoms with E-state index in [4.69, 9.17) is 9.47 Å². The van der Waals surface area contributed by atoms with Crippen molar-refractivity contribution < 1.29 is 14.3 Å². The maximum absolute atomic E-state index is 11.6. The minimum absolute atomic E-state index is 0.0233. The van der Waals surface area contributed by atoms with Crippen LogP contribution in [0.3, 0.4) is 0 Å². The molecule has 1 aliphatic rings. The third-order valence-electron chi connectivity index (χ3n) is 2.79. The highest BCUT2D eigenvalue weighted by Gasteiger charge is 2.41. The van der Waals surface area contributed by atoms with E-state index in [1.54, 1.807) is 7.11 Å². The molecule has 0 unspecified atom stereocenters. The van der Waals surface area contributed by atoms with E-state index in [1.165, 1.54) is 7.11 Å². The van der Waals surface area contributed by atoms with Crippen molar-refractivity contribution >= 4 is 5.97 Å². The average Bonchev–Trinajstić information content (AvgIpc) is 2.59. The highest BCUT2D eigenvalue weighted by Crippen LogP contribution is 2.23. The molecule has 1 aliphatic heterocycles. The number of hydrogen-bond acceptors (Lipinski definition) is 4. The molecular formula is C10H19NO3. The molecule has 82 valence electrons. The topological polar surface area (TPSA) is 38.8 Å². The highest BCUT2D eigenvalue weighted by atomic mass is 16.5. The standard InChI is InChI=1S/C10H19NO3/c1-7(2)11-6-5-8(13-3)9(11)10(12)14-4/h7-9H,5-6H2,1-4H3/t8-,9+/m1/s1. The van der Waals surface area contributed by atoms with Crippen molar-refractivity contribution in [3.05, 3.63) is 0 Å². The Hall–Kier alpha value is -0.610. The summed E-state index contributed by atoms with van der Waals surface area (Å²) in [6.07, 6.45) is 0.874. The molecule has 1 rings (SSSR count). The zero-order chi connectivity index (χ0) is 10.7. The van der Waals surface area contributed by atoms with Crippen LogP contribution in [0.2, 0.25) is 0 Å². The van der Waals surface area contributed by atoms with Gasteiger partial charge in [-0.25, -0.2) is 0 Å². The fraction of sp³-hybridized carbons (Fsp3) is 0.900. The number of carbonyl (C=O) groups is 1. The first-order valence-electron chi connectivity index (χ1n) is 4.98. The van der Waals surface area contributed by atoms with Gasteiger partial charge in [0.05, 0.1) is 13.2 Å². The normalized spacial score (nSPS) is 28.4. The molecule has 1 saturated heterocycles. The van der Waals surface area contributed by atoms with Crippen molar-refractivity contribution in [2.24, 2.45) is 0 Å². The van der Waals surface area contributed by atoms with Crippen LogP contribution in [0.5, 0.6) is 0 Å². The first-order valence-corrected chi connectivity index (χ1v) is 4.98. The maximum Gasteiger partial charge on any atom is 0.325 e. The second-order valence-corrected chi connectivity index (χ2v) is 3.86. The SMILES string of the molecule is COC(=O)[C@@H]1[C@H](OC)CCN1C(C)C. The molecule has 14 heavy (non-hydrogen) atoms. The number of hydrogen-bond donors (Lipinski definition) is 0. The van der Waals surface area contributed by atoms with Crippen LogP contribution >= 0.6 is 0 Å². The van der Waals surface area contributed by atoms with E-state index in [2.05, 4.69) is 18.7 Å². The number of carbonyl (C=O) groups excluding carboxylic acids is 1. The molecule has 0 N–H and O–H groups in total. The van der Waals surface area contributed by atoms with Crippen molar-refractivity contribution in [3.63, 3.8) is 0 Å². The number of methoxy groups -OCH3 is 2. The monoisotopic (exact) mass is 201 g/mol. The van der Waals surface area contributed by atoms with Crippen LogP contribution in [0.4, 0.5) is 0 Å². The predicted molar refractivity (Wildman–Crippen MR) is 53.1 cm³/mol. The minimum Gasteiger partial charge on any atom is -0.468 e. The lowest BCUT2D eigenvalue weighted by molar-refractivity contribution is -0.150. The zero-order valence-corrected chi connectivity index (χ0v) is 9.32. The molecule has 0 aliphatic carbocycles. The van der Waals surface area contributed by atoms with Crippen LogP contribution < -0.4 is 0 Å². The van der Waals surface area contributed by atoms with Gasteiger partial charge in [0.25, 0.3) is 0 Å². The Morgan fingerprint density at radius 3 is 2.50 bits per heavy atom. The molecule has 0 aromatic heterocycles. The van der Waals surface area contributed by atoms with Crippen LogP contribution in [0, 0.1) is 0 Å². The van der Waals surface area contributed by atoms with Gasteiger partial charge in [0.15, 0.2) is 0 Å². The van der Waals surface area contributed by atoms with E-state index < -0.39 is 0 Å². The molecule has 0 saturated carbocycles. The largest absolute Gasteiger partial charge is 0.468 e. The Morgan fingerprint density at radius 2 is 2.07 bits per heavy atom. The smallest absolute Gasteiger partial charge is 0.325 e. The van der Waals surface area contributed by atoms with Gasteiger partial charge in [0.1, 0.15) is 6.04 Å². The molecule has 1 heterocycles. The third-order valence-corrected chi connectivity index (χ3v) is 2.79. The lowest BCUT2D eigenvalue weighted by Gasteiger charge is -2.28. The lowest BCUT2D eigenvalue weighted by Crippen LogP contribution is -2.46. The van der Waals surface area contributed by atoms with Crippen molar-refractivity contribution in [1.82, 2.24) is 4.90 Å². The zero-order valence-electron chi connectivity index (χ0n) is 9.32. The van der Waals surface area contributed by atoms with Crippen LogP contribution in [-0.2, 0) is 14.3 Å². The maximum atomic E-state index is 11.6. The fourth-order valence-electron chi connectivity index (χ4n) is 2.02. The van der Waals surface area contributed by atoms with E-state index in [0.29, 0.717) is 6.04 Å². The van der Waals surface area contributed by atoms with Gasteiger partial charge >= 0.3 is 5.97 Å². The summed E-state index contributed by atoms with van der Waals surface area (Å²) in [4.78, 5) is 13.7. The minimum atomic E-state index is -0.231. The Labute approximate surface area is 85.2 Å². The molecule has 4 heteroatoms. The van der Waals surface area contributed by atoms with E-state index in [0.717, 1.165) is 13.0 Å². The summed E-state index contributed by atoms with van der Waals surface area (Å²) in [5.41, 5.74) is 0. The van der Waals surface area contributed by atoms with Gasteiger partial charge in [0, 0.05) is 19.7 Å². The summed E-state index contributed by atoms with van der Waals surface area (Å²) in [7, 11) is 3.07. The predicted octanol–water partition coefficient (Wildman–Crippen LogP) is 0.657. The molecule has 4 nitrogen and oxygen atoms in total. The number of esters is 1. The lowest BCUT2D eigenvalue weighted by atomic mass is 10.1. The second-order valence-electron chi connectivity index (χ2n) is 3.86. The van der Waals surface area contributed by atoms with Crippen molar-refractivity contribution in [3.8, 4) is 0 Å². The summed E-state index contributed by atoms with van der Waals surface area (Å²) >= 11 is 0. The Bertz CT molecular complexity index is 206. The van der Waals surface area contributed by atoms with Crippen molar-refractivity contribution in [2.45, 2.75) is 38.5 Å². The average molecular weight is 201 g/mol. The van der Waals surface area contributed by atoms with Crippen LogP contribution in [-0.4, -0.2) is 49.8 Å². The molecule has 0 radical (unpaired) electrons. The molecule has 0 amide bonds. The van der Waals surface area contributed by atoms with E-state index in [1.807, 2.05) is 0 Å². The van der Waals surface area contributed by atoms with Crippen molar-refractivity contribution in [1.29, 1.82) is 0 Å². The third kappa shape index (κ3) is 2.07. The van der Waals surface area contributed by atoms with E-state index in [-0.39, 0.29) is 18.1 Å². The number of nitrogens with zero attached hydrogens (tertiary/aromatic N) is 1. The molecule has 1 fully saturated rings. The Balaban J connectivity index is 2.75. The van der Waals surface area contributed by atoms with Crippen LogP contribution in [0.15, 0.2) is 0 Å². The number of ether oxygens (including phenoxy) is 2. The molecule has 0 aromatic carbocycles. The van der Waals surface area contributed by atoms with Gasteiger partial charge in [-0.2, -0.15) is 0 Å². The summed E-state index contributed by atoms with van der Waals surface area (Å²) in [5, 5.41) is 0. The van der Waals surface area contributed by atoms with Gasteiger partial charge in [-0.1, -0.05) is 0 Å². The summed E-state index contributed by atoms with van der Waals surface area (Å²) < 4.78 is 10.1.